The molecule has 0 fully saturated rings. The minimum Gasteiger partial charge on any atom is -0.486 e. The number of rotatable bonds is 28. The second-order valence-electron chi connectivity index (χ2n) is 11.4. The van der Waals surface area contributed by atoms with Gasteiger partial charge < -0.3 is 47.4 Å². The van der Waals surface area contributed by atoms with Crippen molar-refractivity contribution in [2.45, 2.75) is 54.4 Å². The van der Waals surface area contributed by atoms with Gasteiger partial charge in [0.25, 0.3) is 0 Å². The van der Waals surface area contributed by atoms with E-state index in [4.69, 9.17) is 47.4 Å². The van der Waals surface area contributed by atoms with E-state index in [1.165, 1.54) is 13.8 Å². The van der Waals surface area contributed by atoms with Gasteiger partial charge >= 0.3 is 23.9 Å². The van der Waals surface area contributed by atoms with E-state index in [-0.39, 0.29) is 105 Å². The van der Waals surface area contributed by atoms with Gasteiger partial charge in [0.05, 0.1) is 86.7 Å². The molecule has 1 aromatic carbocycles. The quantitative estimate of drug-likeness (QED) is 0.0476. The molecule has 1 heterocycles. The topological polar surface area (TPSA) is 186 Å². The van der Waals surface area contributed by atoms with E-state index in [1.54, 1.807) is 27.7 Å². The minimum atomic E-state index is -1.46. The molecule has 300 valence electrons. The minimum absolute atomic E-state index is 0.100. The van der Waals surface area contributed by atoms with Crippen molar-refractivity contribution in [3.8, 4) is 11.5 Å². The molecule has 2 aromatic rings. The number of nitrogens with zero attached hydrogens (tertiary/aromatic N) is 2. The number of hydrogen-bond acceptors (Lipinski definition) is 17. The van der Waals surface area contributed by atoms with Crippen LogP contribution in [0.15, 0.2) is 8.95 Å². The monoisotopic (exact) mass is 900 g/mol. The van der Waals surface area contributed by atoms with Crippen LogP contribution in [-0.4, -0.2) is 125 Å². The summed E-state index contributed by atoms with van der Waals surface area (Å²) in [6.45, 7) is 12.3. The molecular weight excluding hydrogens is 852 g/mol. The van der Waals surface area contributed by atoms with Crippen molar-refractivity contribution in [3.63, 3.8) is 0 Å². The number of hydrogen-bond donors (Lipinski definition) is 0. The van der Waals surface area contributed by atoms with Crippen LogP contribution in [0.25, 0.3) is 11.0 Å². The lowest BCUT2D eigenvalue weighted by atomic mass is 9.87. The summed E-state index contributed by atoms with van der Waals surface area (Å²) < 4.78 is 64.7. The van der Waals surface area contributed by atoms with Gasteiger partial charge in [0.1, 0.15) is 24.2 Å². The van der Waals surface area contributed by atoms with E-state index < -0.39 is 34.7 Å². The lowest BCUT2D eigenvalue weighted by molar-refractivity contribution is -0.173. The maximum atomic E-state index is 12.4. The van der Waals surface area contributed by atoms with Crippen LogP contribution in [0, 0.1) is 10.8 Å². The van der Waals surface area contributed by atoms with Gasteiger partial charge in [-0.15, -0.1) is 0 Å². The average molecular weight is 903 g/mol. The van der Waals surface area contributed by atoms with Gasteiger partial charge in [0.2, 0.25) is 0 Å². The second kappa shape index (κ2) is 24.7. The van der Waals surface area contributed by atoms with Crippen LogP contribution in [0.4, 0.5) is 0 Å². The lowest BCUT2D eigenvalue weighted by Gasteiger charge is -2.24. The van der Waals surface area contributed by atoms with Crippen LogP contribution < -0.4 is 9.47 Å². The van der Waals surface area contributed by atoms with Gasteiger partial charge in [0.15, 0.2) is 22.3 Å². The van der Waals surface area contributed by atoms with E-state index in [0.717, 1.165) is 11.7 Å². The predicted octanol–water partition coefficient (Wildman–Crippen LogP) is 5.09. The SMILES string of the molecule is CCOC(=O)C(C)(CCOCCOCCOc1c(OCCOCCOCCC(C)(C(=O)OCC)C(=O)OCC)c(Br)c2nsnc2c1Br)C(=O)OCC. The molecule has 0 unspecified atom stereocenters. The number of benzene rings is 1. The molecule has 0 aliphatic heterocycles. The van der Waals surface area contributed by atoms with E-state index in [2.05, 4.69) is 40.6 Å². The van der Waals surface area contributed by atoms with Gasteiger partial charge in [0, 0.05) is 13.2 Å². The highest BCUT2D eigenvalue weighted by molar-refractivity contribution is 9.11. The van der Waals surface area contributed by atoms with Crippen molar-refractivity contribution in [2.24, 2.45) is 10.8 Å². The first kappa shape index (κ1) is 46.5. The van der Waals surface area contributed by atoms with E-state index in [1.807, 2.05) is 0 Å². The Labute approximate surface area is 330 Å². The zero-order chi connectivity index (χ0) is 39.3. The molecule has 0 amide bonds. The van der Waals surface area contributed by atoms with Crippen LogP contribution in [0.2, 0.25) is 0 Å². The fraction of sp³-hybridized carbons (Fsp3) is 0.706. The Morgan fingerprint density at radius 2 is 0.792 bits per heavy atom. The van der Waals surface area contributed by atoms with Gasteiger partial charge in [-0.2, -0.15) is 8.75 Å². The molecule has 16 nitrogen and oxygen atoms in total. The van der Waals surface area contributed by atoms with Crippen molar-refractivity contribution in [2.75, 3.05) is 92.5 Å². The number of carbonyl (C=O) groups excluding carboxylic acids is 4. The summed E-state index contributed by atoms with van der Waals surface area (Å²) in [4.78, 5) is 49.6. The summed E-state index contributed by atoms with van der Waals surface area (Å²) in [6.07, 6.45) is 0.200. The van der Waals surface area contributed by atoms with E-state index in [0.29, 0.717) is 31.5 Å². The Balaban J connectivity index is 1.79. The third-order valence-corrected chi connectivity index (χ3v) is 9.60. The Morgan fingerprint density at radius 3 is 1.09 bits per heavy atom. The first-order valence-corrected chi connectivity index (χ1v) is 19.6. The smallest absolute Gasteiger partial charge is 0.323 e. The Bertz CT molecular complexity index is 1320. The Kier molecular flexibility index (Phi) is 21.6. The standard InChI is InChI=1S/C34H50Br2N2O14S/c1-7-47-29(39)33(5,30(40)48-8-2)11-13-43-15-17-45-19-21-51-27-23(35)25-26(38-53-37-25)24(36)28(27)52-22-20-46-18-16-44-14-12-34(6,31(41)49-9-3)32(42)50-10-4/h7-22H2,1-6H3. The second-order valence-corrected chi connectivity index (χ2v) is 13.6. The Morgan fingerprint density at radius 1 is 0.509 bits per heavy atom. The van der Waals surface area contributed by atoms with Crippen LogP contribution in [0.3, 0.4) is 0 Å². The van der Waals surface area contributed by atoms with Crippen LogP contribution in [0.5, 0.6) is 11.5 Å². The summed E-state index contributed by atoms with van der Waals surface area (Å²) >= 11 is 8.18. The molecule has 2 rings (SSSR count). The fourth-order valence-electron chi connectivity index (χ4n) is 4.49. The molecule has 53 heavy (non-hydrogen) atoms. The summed E-state index contributed by atoms with van der Waals surface area (Å²) in [5.74, 6) is -1.79. The molecule has 0 atom stereocenters. The highest BCUT2D eigenvalue weighted by atomic mass is 79.9. The number of fused-ring (bicyclic) bond motifs is 1. The third kappa shape index (κ3) is 13.8. The first-order valence-electron chi connectivity index (χ1n) is 17.3. The molecule has 0 aliphatic carbocycles. The summed E-state index contributed by atoms with van der Waals surface area (Å²) in [5.41, 5.74) is -1.71. The first-order chi connectivity index (χ1) is 25.4. The molecular formula is C34H50Br2N2O14S. The van der Waals surface area contributed by atoms with Crippen molar-refractivity contribution >= 4 is 78.5 Å². The van der Waals surface area contributed by atoms with Crippen LogP contribution in [-0.2, 0) is 57.1 Å². The molecule has 0 N–H and O–H groups in total. The highest BCUT2D eigenvalue weighted by Gasteiger charge is 2.45. The van der Waals surface area contributed by atoms with E-state index >= 15 is 0 Å². The number of aromatic nitrogens is 2. The van der Waals surface area contributed by atoms with Gasteiger partial charge in [-0.25, -0.2) is 0 Å². The van der Waals surface area contributed by atoms with Crippen molar-refractivity contribution in [1.82, 2.24) is 8.75 Å². The average Bonchev–Trinajstić information content (AvgIpc) is 3.64. The zero-order valence-electron chi connectivity index (χ0n) is 31.1. The molecule has 0 saturated heterocycles. The zero-order valence-corrected chi connectivity index (χ0v) is 35.1. The summed E-state index contributed by atoms with van der Waals surface area (Å²) in [7, 11) is 0. The molecule has 0 saturated carbocycles. The van der Waals surface area contributed by atoms with E-state index in [9.17, 15) is 19.2 Å². The van der Waals surface area contributed by atoms with Gasteiger partial charge in [-0.1, -0.05) is 0 Å². The molecule has 19 heteroatoms. The number of esters is 4. The summed E-state index contributed by atoms with van der Waals surface area (Å²) in [6, 6.07) is 0. The fourth-order valence-corrected chi connectivity index (χ4v) is 6.42. The Hall–Kier alpha value is -2.68. The molecule has 0 radical (unpaired) electrons. The molecule has 0 bridgehead atoms. The molecule has 1 aromatic heterocycles. The maximum absolute atomic E-state index is 12.4. The molecule has 0 spiro atoms. The van der Waals surface area contributed by atoms with Gasteiger partial charge in [-0.05, 0) is 86.2 Å². The number of carbonyl (C=O) groups is 4. The normalized spacial score (nSPS) is 11.7. The summed E-state index contributed by atoms with van der Waals surface area (Å²) in [5, 5.41) is 0. The largest absolute Gasteiger partial charge is 0.486 e. The van der Waals surface area contributed by atoms with Crippen LogP contribution in [0.1, 0.15) is 54.4 Å². The van der Waals surface area contributed by atoms with Crippen molar-refractivity contribution < 1.29 is 66.5 Å². The number of halogens is 2. The van der Waals surface area contributed by atoms with Gasteiger partial charge in [-0.3, -0.25) is 19.2 Å². The number of ether oxygens (including phenoxy) is 10. The predicted molar refractivity (Wildman–Crippen MR) is 199 cm³/mol. The lowest BCUT2D eigenvalue weighted by Crippen LogP contribution is -2.40. The van der Waals surface area contributed by atoms with Crippen molar-refractivity contribution in [1.29, 1.82) is 0 Å². The van der Waals surface area contributed by atoms with Crippen LogP contribution >= 0.6 is 43.6 Å². The molecule has 0 aliphatic rings. The third-order valence-electron chi connectivity index (χ3n) is 7.60. The maximum Gasteiger partial charge on any atom is 0.323 e. The highest BCUT2D eigenvalue weighted by Crippen LogP contribution is 2.47. The van der Waals surface area contributed by atoms with Crippen molar-refractivity contribution in [3.05, 3.63) is 8.95 Å².